The Kier molecular flexibility index (Phi) is 5.19. The predicted molar refractivity (Wildman–Crippen MR) is 77.7 cm³/mol. The highest BCUT2D eigenvalue weighted by Gasteiger charge is 2.04. The van der Waals surface area contributed by atoms with Gasteiger partial charge in [0.2, 0.25) is 0 Å². The number of hydrogen-bond acceptors (Lipinski definition) is 3. The third kappa shape index (κ3) is 4.23. The normalized spacial score (nSPS) is 9.67. The van der Waals surface area contributed by atoms with Crippen molar-refractivity contribution in [3.8, 4) is 23.3 Å². The van der Waals surface area contributed by atoms with Crippen LogP contribution in [0.4, 0.5) is 4.39 Å². The van der Waals surface area contributed by atoms with Crippen molar-refractivity contribution in [1.29, 1.82) is 0 Å². The average Bonchev–Trinajstić information content (AvgIpc) is 2.52. The van der Waals surface area contributed by atoms with Gasteiger partial charge in [-0.3, -0.25) is 0 Å². The van der Waals surface area contributed by atoms with Crippen LogP contribution in [0.5, 0.6) is 11.5 Å². The maximum absolute atomic E-state index is 13.3. The third-order valence-electron chi connectivity index (χ3n) is 2.80. The van der Waals surface area contributed by atoms with Gasteiger partial charge in [0.05, 0.1) is 12.7 Å². The minimum atomic E-state index is -0.394. The third-order valence-corrected chi connectivity index (χ3v) is 2.80. The summed E-state index contributed by atoms with van der Waals surface area (Å²) in [5.41, 5.74) is 1.47. The summed E-state index contributed by atoms with van der Waals surface area (Å²) in [5, 5.41) is 8.73. The molecule has 4 heteroatoms. The number of aliphatic hydroxyl groups is 1. The van der Waals surface area contributed by atoms with Gasteiger partial charge in [-0.05, 0) is 29.8 Å². The van der Waals surface area contributed by atoms with E-state index in [1.165, 1.54) is 18.2 Å². The van der Waals surface area contributed by atoms with Gasteiger partial charge >= 0.3 is 0 Å². The first-order valence-corrected chi connectivity index (χ1v) is 6.38. The van der Waals surface area contributed by atoms with Crippen LogP contribution in [-0.2, 0) is 6.61 Å². The number of benzene rings is 2. The van der Waals surface area contributed by atoms with Gasteiger partial charge in [0, 0.05) is 6.07 Å². The van der Waals surface area contributed by atoms with Crippen molar-refractivity contribution < 1.29 is 19.0 Å². The quantitative estimate of drug-likeness (QED) is 0.878. The van der Waals surface area contributed by atoms with Gasteiger partial charge in [-0.2, -0.15) is 0 Å². The van der Waals surface area contributed by atoms with Gasteiger partial charge < -0.3 is 14.6 Å². The van der Waals surface area contributed by atoms with Crippen molar-refractivity contribution >= 4 is 0 Å². The molecule has 0 radical (unpaired) electrons. The van der Waals surface area contributed by atoms with Crippen molar-refractivity contribution in [2.24, 2.45) is 0 Å². The lowest BCUT2D eigenvalue weighted by Crippen LogP contribution is -1.98. The van der Waals surface area contributed by atoms with Crippen LogP contribution in [0.25, 0.3) is 0 Å². The fourth-order valence-electron chi connectivity index (χ4n) is 1.74. The number of aliphatic hydroxyl groups excluding tert-OH is 1. The molecule has 0 heterocycles. The first kappa shape index (κ1) is 14.9. The molecule has 0 spiro atoms. The fourth-order valence-corrected chi connectivity index (χ4v) is 1.74. The van der Waals surface area contributed by atoms with Crippen LogP contribution >= 0.6 is 0 Å². The minimum absolute atomic E-state index is 0.255. The Morgan fingerprint density at radius 3 is 2.57 bits per heavy atom. The topological polar surface area (TPSA) is 38.7 Å². The number of rotatable bonds is 4. The molecule has 0 saturated carbocycles. The van der Waals surface area contributed by atoms with Gasteiger partial charge in [-0.15, -0.1) is 0 Å². The van der Waals surface area contributed by atoms with Gasteiger partial charge in [-0.1, -0.05) is 24.0 Å². The molecule has 2 rings (SSSR count). The summed E-state index contributed by atoms with van der Waals surface area (Å²) in [7, 11) is 1.60. The van der Waals surface area contributed by atoms with Gasteiger partial charge in [-0.25, -0.2) is 4.39 Å². The Bertz CT molecular complexity index is 654. The first-order chi connectivity index (χ1) is 10.2. The van der Waals surface area contributed by atoms with Crippen LogP contribution in [0.3, 0.4) is 0 Å². The standard InChI is InChI=1S/C17H15FO3/c1-20-16-8-4-13(5-9-16)12-21-17-11-15(18)7-6-14(17)3-2-10-19/h4-9,11,19H,10,12H2,1H3. The Labute approximate surface area is 122 Å². The summed E-state index contributed by atoms with van der Waals surface area (Å²) in [6, 6.07) is 11.5. The molecular weight excluding hydrogens is 271 g/mol. The van der Waals surface area contributed by atoms with Crippen LogP contribution in [-0.4, -0.2) is 18.8 Å². The van der Waals surface area contributed by atoms with E-state index in [4.69, 9.17) is 14.6 Å². The zero-order valence-electron chi connectivity index (χ0n) is 11.6. The molecule has 0 aliphatic heterocycles. The molecule has 0 unspecified atom stereocenters. The second-order valence-electron chi connectivity index (χ2n) is 4.24. The lowest BCUT2D eigenvalue weighted by atomic mass is 10.2. The SMILES string of the molecule is COc1ccc(COc2cc(F)ccc2C#CCO)cc1. The van der Waals surface area contributed by atoms with Gasteiger partial charge in [0.15, 0.2) is 0 Å². The maximum atomic E-state index is 13.3. The molecule has 2 aromatic carbocycles. The zero-order chi connectivity index (χ0) is 15.1. The molecule has 0 saturated heterocycles. The van der Waals surface area contributed by atoms with Crippen LogP contribution < -0.4 is 9.47 Å². The average molecular weight is 286 g/mol. The number of halogens is 1. The highest BCUT2D eigenvalue weighted by Crippen LogP contribution is 2.21. The molecule has 108 valence electrons. The summed E-state index contributed by atoms with van der Waals surface area (Å²) in [6.07, 6.45) is 0. The summed E-state index contributed by atoms with van der Waals surface area (Å²) in [4.78, 5) is 0. The molecule has 0 fully saturated rings. The zero-order valence-corrected chi connectivity index (χ0v) is 11.6. The van der Waals surface area contributed by atoms with Crippen molar-refractivity contribution in [1.82, 2.24) is 0 Å². The van der Waals surface area contributed by atoms with Gasteiger partial charge in [0.25, 0.3) is 0 Å². The summed E-state index contributed by atoms with van der Waals surface area (Å²) < 4.78 is 24.0. The highest BCUT2D eigenvalue weighted by molar-refractivity contribution is 5.46. The predicted octanol–water partition coefficient (Wildman–Crippen LogP) is 2.76. The Hall–Kier alpha value is -2.51. The molecule has 0 aliphatic rings. The van der Waals surface area contributed by atoms with Crippen molar-refractivity contribution in [2.45, 2.75) is 6.61 Å². The van der Waals surface area contributed by atoms with E-state index >= 15 is 0 Å². The smallest absolute Gasteiger partial charge is 0.138 e. The second kappa shape index (κ2) is 7.32. The van der Waals surface area contributed by atoms with Crippen LogP contribution in [0.15, 0.2) is 42.5 Å². The Morgan fingerprint density at radius 1 is 1.14 bits per heavy atom. The van der Waals surface area contributed by atoms with Crippen LogP contribution in [0.2, 0.25) is 0 Å². The lowest BCUT2D eigenvalue weighted by Gasteiger charge is -2.09. The Balaban J connectivity index is 2.12. The molecule has 0 bridgehead atoms. The van der Waals surface area contributed by atoms with E-state index in [1.807, 2.05) is 24.3 Å². The van der Waals surface area contributed by atoms with E-state index in [0.29, 0.717) is 17.9 Å². The van der Waals surface area contributed by atoms with E-state index in [1.54, 1.807) is 7.11 Å². The van der Waals surface area contributed by atoms with Crippen LogP contribution in [0.1, 0.15) is 11.1 Å². The highest BCUT2D eigenvalue weighted by atomic mass is 19.1. The maximum Gasteiger partial charge on any atom is 0.138 e. The molecule has 0 amide bonds. The molecule has 2 aromatic rings. The van der Waals surface area contributed by atoms with E-state index in [2.05, 4.69) is 11.8 Å². The fraction of sp³-hybridized carbons (Fsp3) is 0.176. The largest absolute Gasteiger partial charge is 0.497 e. The Morgan fingerprint density at radius 2 is 1.90 bits per heavy atom. The molecule has 21 heavy (non-hydrogen) atoms. The number of hydrogen-bond donors (Lipinski definition) is 1. The molecule has 0 aromatic heterocycles. The first-order valence-electron chi connectivity index (χ1n) is 6.38. The van der Waals surface area contributed by atoms with Crippen molar-refractivity contribution in [3.05, 3.63) is 59.4 Å². The molecule has 0 atom stereocenters. The monoisotopic (exact) mass is 286 g/mol. The summed E-state index contributed by atoms with van der Waals surface area (Å²) in [6.45, 7) is 0.0382. The van der Waals surface area contributed by atoms with E-state index in [9.17, 15) is 4.39 Å². The molecule has 1 N–H and O–H groups in total. The molecular formula is C17H15FO3. The van der Waals surface area contributed by atoms with Gasteiger partial charge in [0.1, 0.15) is 30.5 Å². The van der Waals surface area contributed by atoms with Crippen LogP contribution in [0, 0.1) is 17.7 Å². The second-order valence-corrected chi connectivity index (χ2v) is 4.24. The van der Waals surface area contributed by atoms with E-state index in [0.717, 1.165) is 11.3 Å². The van der Waals surface area contributed by atoms with Crippen molar-refractivity contribution in [3.63, 3.8) is 0 Å². The number of methoxy groups -OCH3 is 1. The van der Waals surface area contributed by atoms with E-state index < -0.39 is 5.82 Å². The van der Waals surface area contributed by atoms with Crippen molar-refractivity contribution in [2.75, 3.05) is 13.7 Å². The molecule has 0 aliphatic carbocycles. The minimum Gasteiger partial charge on any atom is -0.497 e. The number of ether oxygens (including phenoxy) is 2. The van der Waals surface area contributed by atoms with E-state index in [-0.39, 0.29) is 6.61 Å². The summed E-state index contributed by atoms with van der Waals surface area (Å²) in [5.74, 6) is 5.98. The summed E-state index contributed by atoms with van der Waals surface area (Å²) >= 11 is 0. The molecule has 3 nitrogen and oxygen atoms in total. The lowest BCUT2D eigenvalue weighted by molar-refractivity contribution is 0.303.